The van der Waals surface area contributed by atoms with Gasteiger partial charge in [-0.2, -0.15) is 13.2 Å². The summed E-state index contributed by atoms with van der Waals surface area (Å²) in [6.07, 6.45) is -4.61. The van der Waals surface area contributed by atoms with Crippen molar-refractivity contribution in [1.29, 1.82) is 0 Å². The molecule has 0 fully saturated rings. The summed E-state index contributed by atoms with van der Waals surface area (Å²) in [5.74, 6) is -2.99. The monoisotopic (exact) mass is 294 g/mol. The van der Waals surface area contributed by atoms with Crippen molar-refractivity contribution in [2.75, 3.05) is 6.61 Å². The summed E-state index contributed by atoms with van der Waals surface area (Å²) in [7, 11) is 0. The number of rotatable bonds is 4. The van der Waals surface area contributed by atoms with Crippen molar-refractivity contribution >= 4 is 11.8 Å². The van der Waals surface area contributed by atoms with Crippen molar-refractivity contribution in [3.63, 3.8) is 0 Å². The molecule has 0 aromatic heterocycles. The number of carbonyl (C=O) groups excluding carboxylic acids is 2. The first-order chi connectivity index (χ1) is 9.28. The van der Waals surface area contributed by atoms with Gasteiger partial charge in [-0.1, -0.05) is 12.1 Å². The highest BCUT2D eigenvalue weighted by molar-refractivity contribution is 6.34. The average molecular weight is 294 g/mol. The molecule has 5 nitrogen and oxygen atoms in total. The second-order valence-electron chi connectivity index (χ2n) is 3.64. The number of hydrogen-bond acceptors (Lipinski definition) is 3. The van der Waals surface area contributed by atoms with Crippen LogP contribution >= 0.6 is 0 Å². The van der Waals surface area contributed by atoms with Gasteiger partial charge in [0.15, 0.2) is 6.61 Å². The van der Waals surface area contributed by atoms with Crippen LogP contribution in [0, 0.1) is 5.82 Å². The van der Waals surface area contributed by atoms with E-state index in [0.717, 1.165) is 12.1 Å². The van der Waals surface area contributed by atoms with E-state index in [2.05, 4.69) is 10.2 Å². The molecule has 9 heteroatoms. The first kappa shape index (κ1) is 15.9. The van der Waals surface area contributed by atoms with E-state index in [1.807, 2.05) is 0 Å². The van der Waals surface area contributed by atoms with Crippen LogP contribution in [0.3, 0.4) is 0 Å². The highest BCUT2D eigenvalue weighted by Gasteiger charge is 2.28. The lowest BCUT2D eigenvalue weighted by Crippen LogP contribution is -2.40. The van der Waals surface area contributed by atoms with E-state index in [4.69, 9.17) is 0 Å². The Morgan fingerprint density at radius 3 is 2.25 bits per heavy atom. The fourth-order valence-corrected chi connectivity index (χ4v) is 1.09. The summed E-state index contributed by atoms with van der Waals surface area (Å²) in [4.78, 5) is 26.0. The minimum atomic E-state index is -4.61. The Hall–Kier alpha value is -2.16. The Labute approximate surface area is 110 Å². The maximum atomic E-state index is 12.6. The normalized spacial score (nSPS) is 11.0. The lowest BCUT2D eigenvalue weighted by atomic mass is 10.2. The van der Waals surface area contributed by atoms with Crippen LogP contribution in [-0.2, 0) is 21.0 Å². The molecule has 1 aromatic carbocycles. The average Bonchev–Trinajstić information content (AvgIpc) is 2.36. The standard InChI is InChI=1S/C11H10F4N2O3/c12-8-3-1-7(2-4-8)5-16-9(18)10(19)17-20-6-11(13,14)15/h1-4H,5-6H2,(H,16,18)(H,17,19). The van der Waals surface area contributed by atoms with Crippen molar-refractivity contribution < 1.29 is 32.0 Å². The highest BCUT2D eigenvalue weighted by atomic mass is 19.4. The van der Waals surface area contributed by atoms with Gasteiger partial charge in [0.1, 0.15) is 5.82 Å². The number of carbonyl (C=O) groups is 2. The second-order valence-corrected chi connectivity index (χ2v) is 3.64. The molecular weight excluding hydrogens is 284 g/mol. The summed E-state index contributed by atoms with van der Waals surface area (Å²) < 4.78 is 47.7. The predicted octanol–water partition coefficient (Wildman–Crippen LogP) is 1.05. The first-order valence-corrected chi connectivity index (χ1v) is 5.29. The van der Waals surface area contributed by atoms with Crippen LogP contribution in [0.5, 0.6) is 0 Å². The minimum Gasteiger partial charge on any atom is -0.344 e. The Kier molecular flexibility index (Phi) is 5.44. The number of halogens is 4. The van der Waals surface area contributed by atoms with Crippen LogP contribution < -0.4 is 10.8 Å². The van der Waals surface area contributed by atoms with Gasteiger partial charge in [-0.05, 0) is 17.7 Å². The van der Waals surface area contributed by atoms with Crippen molar-refractivity contribution in [3.8, 4) is 0 Å². The second kappa shape index (κ2) is 6.85. The van der Waals surface area contributed by atoms with Crippen LogP contribution in [0.15, 0.2) is 24.3 Å². The summed E-state index contributed by atoms with van der Waals surface area (Å²) in [5.41, 5.74) is 1.87. The van der Waals surface area contributed by atoms with Crippen molar-refractivity contribution in [3.05, 3.63) is 35.6 Å². The van der Waals surface area contributed by atoms with Gasteiger partial charge in [0, 0.05) is 6.54 Å². The van der Waals surface area contributed by atoms with E-state index in [-0.39, 0.29) is 6.54 Å². The molecule has 0 unspecified atom stereocenters. The molecule has 0 aliphatic carbocycles. The topological polar surface area (TPSA) is 67.4 Å². The quantitative estimate of drug-likeness (QED) is 0.495. The zero-order valence-corrected chi connectivity index (χ0v) is 9.96. The van der Waals surface area contributed by atoms with Crippen LogP contribution in [-0.4, -0.2) is 24.6 Å². The third-order valence-corrected chi connectivity index (χ3v) is 1.97. The lowest BCUT2D eigenvalue weighted by molar-refractivity contribution is -0.192. The molecule has 0 atom stereocenters. The van der Waals surface area contributed by atoms with E-state index in [1.54, 1.807) is 0 Å². The Morgan fingerprint density at radius 2 is 1.70 bits per heavy atom. The van der Waals surface area contributed by atoms with Gasteiger partial charge in [-0.25, -0.2) is 9.87 Å². The van der Waals surface area contributed by atoms with Gasteiger partial charge >= 0.3 is 18.0 Å². The fourth-order valence-electron chi connectivity index (χ4n) is 1.09. The first-order valence-electron chi connectivity index (χ1n) is 5.29. The molecule has 1 rings (SSSR count). The van der Waals surface area contributed by atoms with Gasteiger partial charge in [0.05, 0.1) is 0 Å². The minimum absolute atomic E-state index is 0.0776. The van der Waals surface area contributed by atoms with Crippen molar-refractivity contribution in [2.24, 2.45) is 0 Å². The highest BCUT2D eigenvalue weighted by Crippen LogP contribution is 2.13. The molecule has 0 aliphatic heterocycles. The van der Waals surface area contributed by atoms with Gasteiger partial charge in [0.2, 0.25) is 0 Å². The van der Waals surface area contributed by atoms with E-state index in [1.165, 1.54) is 17.6 Å². The summed E-state index contributed by atoms with van der Waals surface area (Å²) in [6, 6.07) is 5.09. The van der Waals surface area contributed by atoms with Gasteiger partial charge in [-0.3, -0.25) is 14.4 Å². The van der Waals surface area contributed by atoms with E-state index < -0.39 is 30.4 Å². The molecule has 20 heavy (non-hydrogen) atoms. The summed E-state index contributed by atoms with van der Waals surface area (Å²) >= 11 is 0. The van der Waals surface area contributed by atoms with Crippen LogP contribution in [0.2, 0.25) is 0 Å². The van der Waals surface area contributed by atoms with Gasteiger partial charge in [-0.15, -0.1) is 0 Å². The zero-order valence-electron chi connectivity index (χ0n) is 9.96. The number of hydrogen-bond donors (Lipinski definition) is 2. The molecule has 0 heterocycles. The fraction of sp³-hybridized carbons (Fsp3) is 0.273. The van der Waals surface area contributed by atoms with Crippen LogP contribution in [0.25, 0.3) is 0 Å². The van der Waals surface area contributed by atoms with Crippen molar-refractivity contribution in [2.45, 2.75) is 12.7 Å². The molecule has 2 N–H and O–H groups in total. The molecular formula is C11H10F4N2O3. The molecule has 0 saturated heterocycles. The Bertz CT molecular complexity index is 474. The molecule has 0 radical (unpaired) electrons. The molecule has 2 amide bonds. The number of nitrogens with one attached hydrogen (secondary N) is 2. The molecule has 0 saturated carbocycles. The third-order valence-electron chi connectivity index (χ3n) is 1.97. The van der Waals surface area contributed by atoms with Gasteiger partial charge in [0.25, 0.3) is 0 Å². The maximum absolute atomic E-state index is 12.6. The van der Waals surface area contributed by atoms with Crippen LogP contribution in [0.1, 0.15) is 5.56 Å². The molecule has 0 spiro atoms. The predicted molar refractivity (Wildman–Crippen MR) is 58.4 cm³/mol. The number of benzene rings is 1. The zero-order chi connectivity index (χ0) is 15.2. The molecule has 110 valence electrons. The lowest BCUT2D eigenvalue weighted by Gasteiger charge is -2.08. The summed E-state index contributed by atoms with van der Waals surface area (Å²) in [6.45, 7) is -1.78. The van der Waals surface area contributed by atoms with Gasteiger partial charge < -0.3 is 5.32 Å². The number of hydroxylamine groups is 1. The number of alkyl halides is 3. The van der Waals surface area contributed by atoms with Crippen molar-refractivity contribution in [1.82, 2.24) is 10.8 Å². The third kappa shape index (κ3) is 6.14. The van der Waals surface area contributed by atoms with E-state index in [0.29, 0.717) is 5.56 Å². The van der Waals surface area contributed by atoms with E-state index >= 15 is 0 Å². The largest absolute Gasteiger partial charge is 0.414 e. The molecule has 0 aliphatic rings. The summed E-state index contributed by atoms with van der Waals surface area (Å²) in [5, 5.41) is 2.13. The molecule has 1 aromatic rings. The maximum Gasteiger partial charge on any atom is 0.414 e. The molecule has 0 bridgehead atoms. The Balaban J connectivity index is 2.31. The van der Waals surface area contributed by atoms with Crippen LogP contribution in [0.4, 0.5) is 17.6 Å². The van der Waals surface area contributed by atoms with E-state index in [9.17, 15) is 27.2 Å². The number of amides is 2. The smallest absolute Gasteiger partial charge is 0.344 e. The Morgan fingerprint density at radius 1 is 1.10 bits per heavy atom. The SMILES string of the molecule is O=C(NCc1ccc(F)cc1)C(=O)NOCC(F)(F)F.